The molecular weight excluding hydrogens is 234 g/mol. The number of aliphatic carboxylic acids is 1. The number of hydrogen-bond acceptors (Lipinski definition) is 3. The second kappa shape index (κ2) is 6.05. The Bertz CT molecular complexity index is 425. The van der Waals surface area contributed by atoms with Crippen molar-refractivity contribution < 1.29 is 19.4 Å². The normalized spacial score (nSPS) is 12.2. The number of carboxylic acid groups (broad SMARTS) is 1. The first kappa shape index (κ1) is 14.0. The van der Waals surface area contributed by atoms with E-state index in [1.54, 1.807) is 0 Å². The molecule has 0 aliphatic carbocycles. The topological polar surface area (TPSA) is 89.6 Å². The fraction of sp³-hybridized carbons (Fsp3) is 0.385. The molecule has 0 aliphatic heterocycles. The number of rotatable bonds is 6. The van der Waals surface area contributed by atoms with Gasteiger partial charge in [0.2, 0.25) is 5.91 Å². The predicted molar refractivity (Wildman–Crippen MR) is 66.5 cm³/mol. The SMILES string of the molecule is CC(C)C[C@@H](Oc1ccc(C(N)=O)cc1)C(=O)O. The van der Waals surface area contributed by atoms with Gasteiger partial charge in [-0.25, -0.2) is 4.79 Å². The van der Waals surface area contributed by atoms with Crippen molar-refractivity contribution in [3.05, 3.63) is 29.8 Å². The zero-order chi connectivity index (χ0) is 13.7. The first-order valence-corrected chi connectivity index (χ1v) is 5.69. The van der Waals surface area contributed by atoms with Crippen LogP contribution in [0.4, 0.5) is 0 Å². The number of benzene rings is 1. The van der Waals surface area contributed by atoms with Gasteiger partial charge in [0.1, 0.15) is 5.75 Å². The number of hydrogen-bond donors (Lipinski definition) is 2. The van der Waals surface area contributed by atoms with E-state index in [9.17, 15) is 9.59 Å². The van der Waals surface area contributed by atoms with E-state index in [1.807, 2.05) is 13.8 Å². The first-order chi connectivity index (χ1) is 8.40. The molecule has 1 aromatic carbocycles. The molecule has 0 heterocycles. The van der Waals surface area contributed by atoms with Gasteiger partial charge in [0.05, 0.1) is 0 Å². The molecule has 1 atom stereocenters. The lowest BCUT2D eigenvalue weighted by Crippen LogP contribution is -2.28. The number of carbonyl (C=O) groups is 2. The minimum Gasteiger partial charge on any atom is -0.479 e. The summed E-state index contributed by atoms with van der Waals surface area (Å²) in [7, 11) is 0. The molecule has 0 aromatic heterocycles. The Kier molecular flexibility index (Phi) is 4.71. The second-order valence-corrected chi connectivity index (χ2v) is 4.46. The van der Waals surface area contributed by atoms with Crippen LogP contribution in [0.1, 0.15) is 30.6 Å². The van der Waals surface area contributed by atoms with E-state index in [2.05, 4.69) is 0 Å². The monoisotopic (exact) mass is 251 g/mol. The van der Waals surface area contributed by atoms with Crippen LogP contribution in [0.5, 0.6) is 5.75 Å². The molecule has 1 amide bonds. The van der Waals surface area contributed by atoms with Crippen LogP contribution in [-0.4, -0.2) is 23.1 Å². The molecule has 0 bridgehead atoms. The third kappa shape index (κ3) is 4.08. The summed E-state index contributed by atoms with van der Waals surface area (Å²) in [5, 5.41) is 9.03. The fourth-order valence-electron chi connectivity index (χ4n) is 1.49. The lowest BCUT2D eigenvalue weighted by atomic mass is 10.1. The summed E-state index contributed by atoms with van der Waals surface area (Å²) in [5.74, 6) is -0.898. The number of ether oxygens (including phenoxy) is 1. The van der Waals surface area contributed by atoms with Crippen molar-refractivity contribution in [2.24, 2.45) is 11.7 Å². The van der Waals surface area contributed by atoms with Crippen LogP contribution in [0, 0.1) is 5.92 Å². The van der Waals surface area contributed by atoms with E-state index in [0.717, 1.165) is 0 Å². The Balaban J connectivity index is 2.75. The van der Waals surface area contributed by atoms with Crippen molar-refractivity contribution in [2.75, 3.05) is 0 Å². The Morgan fingerprint density at radius 2 is 1.83 bits per heavy atom. The lowest BCUT2D eigenvalue weighted by molar-refractivity contribution is -0.145. The molecule has 1 rings (SSSR count). The smallest absolute Gasteiger partial charge is 0.344 e. The molecule has 18 heavy (non-hydrogen) atoms. The maximum atomic E-state index is 11.0. The van der Waals surface area contributed by atoms with Crippen LogP contribution in [0.15, 0.2) is 24.3 Å². The van der Waals surface area contributed by atoms with E-state index in [-0.39, 0.29) is 5.92 Å². The quantitative estimate of drug-likeness (QED) is 0.804. The average Bonchev–Trinajstić information content (AvgIpc) is 2.28. The lowest BCUT2D eigenvalue weighted by Gasteiger charge is -2.16. The second-order valence-electron chi connectivity index (χ2n) is 4.46. The van der Waals surface area contributed by atoms with Gasteiger partial charge in [-0.2, -0.15) is 0 Å². The number of amides is 1. The molecule has 5 heteroatoms. The van der Waals surface area contributed by atoms with Gasteiger partial charge in [-0.3, -0.25) is 4.79 Å². The molecule has 0 saturated heterocycles. The highest BCUT2D eigenvalue weighted by Crippen LogP contribution is 2.17. The zero-order valence-electron chi connectivity index (χ0n) is 10.4. The Morgan fingerprint density at radius 3 is 2.22 bits per heavy atom. The van der Waals surface area contributed by atoms with Crippen molar-refractivity contribution in [3.8, 4) is 5.75 Å². The van der Waals surface area contributed by atoms with Crippen molar-refractivity contribution in [2.45, 2.75) is 26.4 Å². The average molecular weight is 251 g/mol. The van der Waals surface area contributed by atoms with Gasteiger partial charge >= 0.3 is 5.97 Å². The molecule has 3 N–H and O–H groups in total. The molecule has 0 spiro atoms. The number of primary amides is 1. The first-order valence-electron chi connectivity index (χ1n) is 5.69. The molecule has 0 saturated carbocycles. The standard InChI is InChI=1S/C13H17NO4/c1-8(2)7-11(13(16)17)18-10-5-3-9(4-6-10)12(14)15/h3-6,8,11H,7H2,1-2H3,(H2,14,15)(H,16,17)/t11-/m1/s1. The highest BCUT2D eigenvalue weighted by molar-refractivity contribution is 5.92. The highest BCUT2D eigenvalue weighted by atomic mass is 16.5. The maximum Gasteiger partial charge on any atom is 0.344 e. The van der Waals surface area contributed by atoms with E-state index >= 15 is 0 Å². The van der Waals surface area contributed by atoms with Crippen molar-refractivity contribution in [1.82, 2.24) is 0 Å². The summed E-state index contributed by atoms with van der Waals surface area (Å²) in [6, 6.07) is 6.09. The Labute approximate surface area is 106 Å². The number of carboxylic acids is 1. The molecule has 1 aromatic rings. The van der Waals surface area contributed by atoms with Crippen LogP contribution in [0.2, 0.25) is 0 Å². The van der Waals surface area contributed by atoms with Crippen LogP contribution in [0.25, 0.3) is 0 Å². The van der Waals surface area contributed by atoms with Crippen LogP contribution >= 0.6 is 0 Å². The molecule has 0 fully saturated rings. The summed E-state index contributed by atoms with van der Waals surface area (Å²) in [6.07, 6.45) is -0.461. The molecular formula is C13H17NO4. The third-order valence-corrected chi connectivity index (χ3v) is 2.38. The van der Waals surface area contributed by atoms with Crippen LogP contribution in [0.3, 0.4) is 0 Å². The van der Waals surface area contributed by atoms with Gasteiger partial charge in [-0.15, -0.1) is 0 Å². The van der Waals surface area contributed by atoms with Gasteiger partial charge in [0, 0.05) is 5.56 Å². The van der Waals surface area contributed by atoms with Gasteiger partial charge in [-0.05, 0) is 36.6 Å². The predicted octanol–water partition coefficient (Wildman–Crippen LogP) is 1.66. The Hall–Kier alpha value is -2.04. The zero-order valence-corrected chi connectivity index (χ0v) is 10.4. The van der Waals surface area contributed by atoms with Gasteiger partial charge in [0.25, 0.3) is 0 Å². The summed E-state index contributed by atoms with van der Waals surface area (Å²) >= 11 is 0. The van der Waals surface area contributed by atoms with Gasteiger partial charge in [-0.1, -0.05) is 13.8 Å². The van der Waals surface area contributed by atoms with Crippen molar-refractivity contribution >= 4 is 11.9 Å². The van der Waals surface area contributed by atoms with Crippen molar-refractivity contribution in [1.29, 1.82) is 0 Å². The summed E-state index contributed by atoms with van der Waals surface area (Å²) < 4.78 is 5.37. The number of carbonyl (C=O) groups excluding carboxylic acids is 1. The van der Waals surface area contributed by atoms with Gasteiger partial charge in [0.15, 0.2) is 6.10 Å². The maximum absolute atomic E-state index is 11.0. The van der Waals surface area contributed by atoms with Gasteiger partial charge < -0.3 is 15.6 Å². The van der Waals surface area contributed by atoms with Crippen LogP contribution in [-0.2, 0) is 4.79 Å². The summed E-state index contributed by atoms with van der Waals surface area (Å²) in [5.41, 5.74) is 5.46. The molecule has 5 nitrogen and oxygen atoms in total. The highest BCUT2D eigenvalue weighted by Gasteiger charge is 2.20. The van der Waals surface area contributed by atoms with E-state index in [1.165, 1.54) is 24.3 Å². The molecule has 0 aliphatic rings. The number of nitrogens with two attached hydrogens (primary N) is 1. The van der Waals surface area contributed by atoms with Crippen molar-refractivity contribution in [3.63, 3.8) is 0 Å². The van der Waals surface area contributed by atoms with Crippen LogP contribution < -0.4 is 10.5 Å². The Morgan fingerprint density at radius 1 is 1.28 bits per heavy atom. The summed E-state index contributed by atoms with van der Waals surface area (Å²) in [6.45, 7) is 3.85. The minimum atomic E-state index is -0.998. The van der Waals surface area contributed by atoms with E-state index in [0.29, 0.717) is 17.7 Å². The summed E-state index contributed by atoms with van der Waals surface area (Å²) in [4.78, 5) is 21.9. The largest absolute Gasteiger partial charge is 0.479 e. The van der Waals surface area contributed by atoms with E-state index in [4.69, 9.17) is 15.6 Å². The third-order valence-electron chi connectivity index (χ3n) is 2.38. The molecule has 98 valence electrons. The fourth-order valence-corrected chi connectivity index (χ4v) is 1.49. The molecule has 0 radical (unpaired) electrons. The molecule has 0 unspecified atom stereocenters. The van der Waals surface area contributed by atoms with E-state index < -0.39 is 18.0 Å². The minimum absolute atomic E-state index is 0.219.